The molecule has 3 aromatic heterocycles. The largest absolute Gasteiger partial charge is 0.383 e. The smallest absolute Gasteiger partial charge is 0.143 e. The Balaban J connectivity index is 1.75. The highest BCUT2D eigenvalue weighted by molar-refractivity contribution is 5.87. The van der Waals surface area contributed by atoms with Crippen LogP contribution in [0.4, 0.5) is 5.82 Å². The van der Waals surface area contributed by atoms with E-state index in [0.29, 0.717) is 11.5 Å². The van der Waals surface area contributed by atoms with Gasteiger partial charge in [-0.25, -0.2) is 9.97 Å². The van der Waals surface area contributed by atoms with Crippen LogP contribution < -0.4 is 5.73 Å². The molecule has 1 aromatic carbocycles. The van der Waals surface area contributed by atoms with Gasteiger partial charge in [-0.2, -0.15) is 0 Å². The van der Waals surface area contributed by atoms with Crippen molar-refractivity contribution in [2.45, 2.75) is 0 Å². The van der Waals surface area contributed by atoms with Gasteiger partial charge in [0.15, 0.2) is 0 Å². The number of aromatic nitrogens is 4. The topological polar surface area (TPSA) is 80.5 Å². The maximum absolute atomic E-state index is 5.81. The number of hydrogen-bond donors (Lipinski definition) is 2. The van der Waals surface area contributed by atoms with E-state index in [2.05, 4.69) is 31.8 Å². The zero-order valence-electron chi connectivity index (χ0n) is 11.5. The molecule has 5 heteroatoms. The average molecular weight is 285 g/mol. The van der Waals surface area contributed by atoms with Gasteiger partial charge >= 0.3 is 0 Å². The molecule has 0 unspecified atom stereocenters. The van der Waals surface area contributed by atoms with Gasteiger partial charge in [0.05, 0.1) is 16.6 Å². The number of benzene rings is 1. The first-order valence-electron chi connectivity index (χ1n) is 6.75. The van der Waals surface area contributed by atoms with E-state index >= 15 is 0 Å². The quantitative estimate of drug-likeness (QED) is 0.486. The van der Waals surface area contributed by atoms with E-state index in [9.17, 15) is 0 Å². The molecule has 0 aliphatic heterocycles. The summed E-state index contributed by atoms with van der Waals surface area (Å²) in [6.45, 7) is 0. The van der Waals surface area contributed by atoms with Crippen molar-refractivity contribution in [2.75, 3.05) is 5.73 Å². The van der Waals surface area contributed by atoms with Crippen LogP contribution >= 0.6 is 0 Å². The summed E-state index contributed by atoms with van der Waals surface area (Å²) in [6.07, 6.45) is 3.21. The second-order valence-corrected chi connectivity index (χ2v) is 4.87. The maximum atomic E-state index is 5.81. The Labute approximate surface area is 126 Å². The van der Waals surface area contributed by atoms with Crippen molar-refractivity contribution in [3.63, 3.8) is 0 Å². The van der Waals surface area contributed by atoms with Crippen molar-refractivity contribution < 1.29 is 0 Å². The molecular formula is C17H11N5. The Morgan fingerprint density at radius 2 is 1.95 bits per heavy atom. The normalized spacial score (nSPS) is 10.5. The van der Waals surface area contributed by atoms with Crippen molar-refractivity contribution in [3.8, 4) is 11.8 Å². The molecule has 3 heterocycles. The van der Waals surface area contributed by atoms with Gasteiger partial charge in [-0.1, -0.05) is 12.0 Å². The lowest BCUT2D eigenvalue weighted by Crippen LogP contribution is -1.90. The summed E-state index contributed by atoms with van der Waals surface area (Å²) >= 11 is 0. The molecule has 5 nitrogen and oxygen atoms in total. The molecule has 4 aromatic rings. The van der Waals surface area contributed by atoms with Crippen LogP contribution in [0.5, 0.6) is 0 Å². The Kier molecular flexibility index (Phi) is 2.73. The van der Waals surface area contributed by atoms with Gasteiger partial charge in [0.2, 0.25) is 0 Å². The fraction of sp³-hybridized carbons (Fsp3) is 0. The minimum Gasteiger partial charge on any atom is -0.383 e. The van der Waals surface area contributed by atoms with Crippen LogP contribution in [-0.2, 0) is 0 Å². The highest BCUT2D eigenvalue weighted by Crippen LogP contribution is 2.17. The lowest BCUT2D eigenvalue weighted by Gasteiger charge is -1.96. The van der Waals surface area contributed by atoms with Gasteiger partial charge in [-0.05, 0) is 36.3 Å². The van der Waals surface area contributed by atoms with Crippen LogP contribution in [0.2, 0.25) is 0 Å². The van der Waals surface area contributed by atoms with Gasteiger partial charge in [-0.15, -0.1) is 0 Å². The third-order valence-electron chi connectivity index (χ3n) is 3.40. The first-order valence-corrected chi connectivity index (χ1v) is 6.75. The van der Waals surface area contributed by atoms with Crippen LogP contribution in [0.1, 0.15) is 11.3 Å². The number of nitrogen functional groups attached to an aromatic ring is 1. The molecule has 0 fully saturated rings. The van der Waals surface area contributed by atoms with Crippen LogP contribution in [0, 0.1) is 11.8 Å². The standard InChI is InChI=1S/C17H11N5/c18-16-14-9-13(22-17(14)21-10-20-16)5-3-11-4-6-15-12(8-11)2-1-7-19-15/h1-2,4,6-10H,(H3,18,20,21,22). The second kappa shape index (κ2) is 4.86. The number of nitrogens with one attached hydrogen (secondary N) is 1. The van der Waals surface area contributed by atoms with E-state index < -0.39 is 0 Å². The third kappa shape index (κ3) is 2.13. The monoisotopic (exact) mass is 285 g/mol. The molecule has 0 atom stereocenters. The summed E-state index contributed by atoms with van der Waals surface area (Å²) in [4.78, 5) is 15.5. The number of fused-ring (bicyclic) bond motifs is 2. The highest BCUT2D eigenvalue weighted by atomic mass is 15.0. The summed E-state index contributed by atoms with van der Waals surface area (Å²) in [5.74, 6) is 6.68. The fourth-order valence-corrected chi connectivity index (χ4v) is 2.32. The van der Waals surface area contributed by atoms with E-state index in [4.69, 9.17) is 5.73 Å². The Hall–Kier alpha value is -3.39. The number of anilines is 1. The van der Waals surface area contributed by atoms with Crippen LogP contribution in [0.15, 0.2) is 48.9 Å². The zero-order valence-corrected chi connectivity index (χ0v) is 11.5. The van der Waals surface area contributed by atoms with Crippen molar-refractivity contribution >= 4 is 27.8 Å². The molecule has 0 aliphatic rings. The molecule has 0 spiro atoms. The number of hydrogen-bond acceptors (Lipinski definition) is 4. The van der Waals surface area contributed by atoms with E-state index in [0.717, 1.165) is 27.5 Å². The first-order chi connectivity index (χ1) is 10.8. The van der Waals surface area contributed by atoms with Crippen LogP contribution in [-0.4, -0.2) is 19.9 Å². The number of nitrogens with zero attached hydrogens (tertiary/aromatic N) is 3. The summed E-state index contributed by atoms with van der Waals surface area (Å²) < 4.78 is 0. The second-order valence-electron chi connectivity index (χ2n) is 4.87. The Morgan fingerprint density at radius 3 is 2.86 bits per heavy atom. The Bertz CT molecular complexity index is 1050. The SMILES string of the molecule is Nc1ncnc2[nH]c(C#Cc3ccc4ncccc4c3)cc12. The molecule has 22 heavy (non-hydrogen) atoms. The average Bonchev–Trinajstić information content (AvgIpc) is 2.97. The summed E-state index contributed by atoms with van der Waals surface area (Å²) in [5.41, 5.74) is 9.15. The molecule has 3 N–H and O–H groups in total. The van der Waals surface area contributed by atoms with E-state index in [-0.39, 0.29) is 0 Å². The molecular weight excluding hydrogens is 274 g/mol. The predicted molar refractivity (Wildman–Crippen MR) is 86.0 cm³/mol. The van der Waals surface area contributed by atoms with Crippen molar-refractivity contribution in [2.24, 2.45) is 0 Å². The van der Waals surface area contributed by atoms with Crippen molar-refractivity contribution in [1.82, 2.24) is 19.9 Å². The molecule has 0 bridgehead atoms. The number of H-pyrrole nitrogens is 1. The van der Waals surface area contributed by atoms with E-state index in [1.54, 1.807) is 6.20 Å². The van der Waals surface area contributed by atoms with Crippen molar-refractivity contribution in [3.05, 3.63) is 60.2 Å². The number of pyridine rings is 1. The molecule has 0 aliphatic carbocycles. The summed E-state index contributed by atoms with van der Waals surface area (Å²) in [5, 5.41) is 1.86. The minimum absolute atomic E-state index is 0.450. The van der Waals surface area contributed by atoms with Gasteiger partial charge in [0.25, 0.3) is 0 Å². The Morgan fingerprint density at radius 1 is 1.00 bits per heavy atom. The predicted octanol–water partition coefficient (Wildman–Crippen LogP) is 2.49. The number of nitrogens with two attached hydrogens (primary N) is 1. The van der Waals surface area contributed by atoms with Gasteiger partial charge in [0, 0.05) is 17.1 Å². The molecule has 4 rings (SSSR count). The number of rotatable bonds is 0. The fourth-order valence-electron chi connectivity index (χ4n) is 2.32. The summed E-state index contributed by atoms with van der Waals surface area (Å²) in [7, 11) is 0. The summed E-state index contributed by atoms with van der Waals surface area (Å²) in [6, 6.07) is 11.7. The minimum atomic E-state index is 0.450. The molecule has 0 saturated heterocycles. The third-order valence-corrected chi connectivity index (χ3v) is 3.40. The first kappa shape index (κ1) is 12.4. The molecule has 0 radical (unpaired) electrons. The molecule has 0 amide bonds. The lowest BCUT2D eigenvalue weighted by molar-refractivity contribution is 1.20. The van der Waals surface area contributed by atoms with Crippen LogP contribution in [0.25, 0.3) is 21.9 Å². The lowest BCUT2D eigenvalue weighted by atomic mass is 10.1. The van der Waals surface area contributed by atoms with E-state index in [1.165, 1.54) is 6.33 Å². The van der Waals surface area contributed by atoms with E-state index in [1.807, 2.05) is 36.4 Å². The maximum Gasteiger partial charge on any atom is 0.143 e. The highest BCUT2D eigenvalue weighted by Gasteiger charge is 2.03. The number of aromatic amines is 1. The molecule has 104 valence electrons. The zero-order chi connectivity index (χ0) is 14.9. The van der Waals surface area contributed by atoms with Crippen molar-refractivity contribution in [1.29, 1.82) is 0 Å². The van der Waals surface area contributed by atoms with Gasteiger partial charge in [0.1, 0.15) is 17.8 Å². The van der Waals surface area contributed by atoms with Crippen LogP contribution in [0.3, 0.4) is 0 Å². The molecule has 0 saturated carbocycles. The van der Waals surface area contributed by atoms with Gasteiger partial charge in [-0.3, -0.25) is 4.98 Å². The van der Waals surface area contributed by atoms with Gasteiger partial charge < -0.3 is 10.7 Å².